The van der Waals surface area contributed by atoms with Crippen molar-refractivity contribution in [3.63, 3.8) is 0 Å². The number of rotatable bonds is 5. The van der Waals surface area contributed by atoms with Crippen LogP contribution in [-0.2, 0) is 11.3 Å². The van der Waals surface area contributed by atoms with Gasteiger partial charge in [0.1, 0.15) is 11.6 Å². The zero-order chi connectivity index (χ0) is 19.8. The minimum absolute atomic E-state index is 0.103. The molecule has 2 N–H and O–H groups in total. The normalized spacial score (nSPS) is 16.3. The molecule has 1 amide bonds. The summed E-state index contributed by atoms with van der Waals surface area (Å²) >= 11 is 0. The van der Waals surface area contributed by atoms with Crippen molar-refractivity contribution in [2.24, 2.45) is 5.92 Å². The van der Waals surface area contributed by atoms with Crippen molar-refractivity contribution in [1.82, 2.24) is 14.8 Å². The Balaban J connectivity index is 1.79. The van der Waals surface area contributed by atoms with E-state index < -0.39 is 0 Å². The lowest BCUT2D eigenvalue weighted by Gasteiger charge is -2.23. The molecule has 1 aliphatic rings. The molecule has 0 fully saturated rings. The first kappa shape index (κ1) is 18.3. The number of aryl methyl sites for hydroxylation is 1. The van der Waals surface area contributed by atoms with Crippen LogP contribution in [0.2, 0.25) is 0 Å². The Morgan fingerprint density at radius 1 is 1.25 bits per heavy atom. The molecule has 0 radical (unpaired) electrons. The maximum absolute atomic E-state index is 12.8. The molecule has 2 aromatic heterocycles. The largest absolute Gasteiger partial charge is 0.497 e. The number of carbonyl (C=O) groups excluding carboxylic acids is 1. The van der Waals surface area contributed by atoms with Gasteiger partial charge in [0.25, 0.3) is 5.56 Å². The van der Waals surface area contributed by atoms with Gasteiger partial charge in [0, 0.05) is 40.9 Å². The van der Waals surface area contributed by atoms with Crippen LogP contribution in [0, 0.1) is 5.92 Å². The van der Waals surface area contributed by atoms with Crippen LogP contribution in [0.4, 0.5) is 5.82 Å². The predicted octanol–water partition coefficient (Wildman–Crippen LogP) is 3.25. The molecule has 3 aromatic rings. The van der Waals surface area contributed by atoms with E-state index in [-0.39, 0.29) is 23.8 Å². The number of hydrogen-bond donors (Lipinski definition) is 2. The van der Waals surface area contributed by atoms with Gasteiger partial charge in [-0.15, -0.1) is 0 Å². The van der Waals surface area contributed by atoms with Crippen LogP contribution in [0.3, 0.4) is 0 Å². The molecular formula is C21H24N4O3. The number of H-pyrrole nitrogens is 1. The number of benzene rings is 1. The minimum atomic E-state index is -0.323. The molecule has 1 aromatic carbocycles. The van der Waals surface area contributed by atoms with Crippen molar-refractivity contribution in [2.45, 2.75) is 39.2 Å². The van der Waals surface area contributed by atoms with Crippen LogP contribution in [0.1, 0.15) is 43.7 Å². The highest BCUT2D eigenvalue weighted by atomic mass is 16.5. The lowest BCUT2D eigenvalue weighted by atomic mass is 9.87. The van der Waals surface area contributed by atoms with Gasteiger partial charge in [-0.2, -0.15) is 5.10 Å². The molecule has 1 unspecified atom stereocenters. The molecule has 1 aliphatic heterocycles. The molecule has 0 bridgehead atoms. The van der Waals surface area contributed by atoms with Crippen LogP contribution >= 0.6 is 0 Å². The van der Waals surface area contributed by atoms with E-state index in [9.17, 15) is 9.59 Å². The van der Waals surface area contributed by atoms with E-state index in [1.165, 1.54) is 0 Å². The molecule has 1 atom stereocenters. The van der Waals surface area contributed by atoms with E-state index in [0.29, 0.717) is 23.0 Å². The lowest BCUT2D eigenvalue weighted by molar-refractivity contribution is -0.116. The summed E-state index contributed by atoms with van der Waals surface area (Å²) < 4.78 is 7.12. The number of ether oxygens (including phenoxy) is 1. The second-order valence-corrected chi connectivity index (χ2v) is 7.67. The molecule has 0 aliphatic carbocycles. The quantitative estimate of drug-likeness (QED) is 0.711. The van der Waals surface area contributed by atoms with Crippen molar-refractivity contribution in [2.75, 3.05) is 12.4 Å². The third-order valence-electron chi connectivity index (χ3n) is 5.26. The third kappa shape index (κ3) is 3.28. The van der Waals surface area contributed by atoms with Gasteiger partial charge >= 0.3 is 0 Å². The summed E-state index contributed by atoms with van der Waals surface area (Å²) in [5.41, 5.74) is 2.01. The molecule has 3 heterocycles. The molecule has 4 rings (SSSR count). The zero-order valence-electron chi connectivity index (χ0n) is 16.3. The second kappa shape index (κ2) is 7.14. The number of fused-ring (bicyclic) bond motifs is 2. The van der Waals surface area contributed by atoms with Gasteiger partial charge in [-0.1, -0.05) is 13.8 Å². The fourth-order valence-corrected chi connectivity index (χ4v) is 3.68. The van der Waals surface area contributed by atoms with Gasteiger partial charge < -0.3 is 15.0 Å². The Labute approximate surface area is 162 Å². The molecule has 0 spiro atoms. The van der Waals surface area contributed by atoms with Gasteiger partial charge in [0.15, 0.2) is 0 Å². The average molecular weight is 380 g/mol. The van der Waals surface area contributed by atoms with Gasteiger partial charge in [0.05, 0.1) is 13.3 Å². The van der Waals surface area contributed by atoms with E-state index in [1.807, 2.05) is 28.9 Å². The number of amides is 1. The predicted molar refractivity (Wildman–Crippen MR) is 108 cm³/mol. The number of aromatic nitrogens is 3. The Morgan fingerprint density at radius 2 is 2.07 bits per heavy atom. The van der Waals surface area contributed by atoms with E-state index >= 15 is 0 Å². The summed E-state index contributed by atoms with van der Waals surface area (Å²) in [4.78, 5) is 28.1. The maximum Gasteiger partial charge on any atom is 0.252 e. The summed E-state index contributed by atoms with van der Waals surface area (Å²) in [5, 5.41) is 8.27. The first-order chi connectivity index (χ1) is 13.5. The Hall–Kier alpha value is -3.09. The fraction of sp³-hybridized carbons (Fsp3) is 0.381. The molecule has 28 heavy (non-hydrogen) atoms. The molecule has 0 saturated heterocycles. The number of nitrogens with one attached hydrogen (secondary N) is 2. The number of anilines is 1. The van der Waals surface area contributed by atoms with E-state index in [4.69, 9.17) is 4.74 Å². The van der Waals surface area contributed by atoms with Gasteiger partial charge in [-0.3, -0.25) is 9.59 Å². The zero-order valence-corrected chi connectivity index (χ0v) is 16.3. The van der Waals surface area contributed by atoms with Crippen LogP contribution in [-0.4, -0.2) is 27.8 Å². The highest BCUT2D eigenvalue weighted by Gasteiger charge is 2.31. The fourth-order valence-electron chi connectivity index (χ4n) is 3.68. The molecular weight excluding hydrogens is 356 g/mol. The van der Waals surface area contributed by atoms with Crippen LogP contribution < -0.4 is 15.6 Å². The summed E-state index contributed by atoms with van der Waals surface area (Å²) in [5.74, 6) is 1.53. The number of nitrogens with zero attached hydrogens (tertiary/aromatic N) is 2. The Kier molecular flexibility index (Phi) is 4.66. The first-order valence-electron chi connectivity index (χ1n) is 9.52. The highest BCUT2D eigenvalue weighted by Crippen LogP contribution is 2.36. The monoisotopic (exact) mass is 380 g/mol. The maximum atomic E-state index is 12.8. The first-order valence-corrected chi connectivity index (χ1v) is 9.52. The smallest absolute Gasteiger partial charge is 0.252 e. The minimum Gasteiger partial charge on any atom is -0.497 e. The summed E-state index contributed by atoms with van der Waals surface area (Å²) in [6.45, 7) is 5.03. The van der Waals surface area contributed by atoms with Gasteiger partial charge in [-0.05, 0) is 36.6 Å². The van der Waals surface area contributed by atoms with Crippen LogP contribution in [0.15, 0.2) is 35.3 Å². The molecule has 146 valence electrons. The second-order valence-electron chi connectivity index (χ2n) is 7.67. The standard InChI is InChI=1S/C21H24N4O3/c1-12(2)6-7-25-20-17(11-22-25)15(10-19(26)24-20)16-9-13-8-14(28-3)4-5-18(13)23-21(16)27/h4-5,8-9,11-12,15H,6-7,10H2,1-3H3,(H,23,27)(H,24,26). The van der Waals surface area contributed by atoms with Gasteiger partial charge in [0.2, 0.25) is 5.91 Å². The average Bonchev–Trinajstić information content (AvgIpc) is 3.07. The molecule has 7 nitrogen and oxygen atoms in total. The lowest BCUT2D eigenvalue weighted by Crippen LogP contribution is -2.28. The summed E-state index contributed by atoms with van der Waals surface area (Å²) in [7, 11) is 1.61. The summed E-state index contributed by atoms with van der Waals surface area (Å²) in [6.07, 6.45) is 2.96. The SMILES string of the molecule is COc1ccc2[nH]c(=O)c(C3CC(=O)Nc4c3cnn4CCC(C)C)cc2c1. The number of aromatic amines is 1. The van der Waals surface area contributed by atoms with Crippen LogP contribution in [0.5, 0.6) is 5.75 Å². The van der Waals surface area contributed by atoms with E-state index in [1.54, 1.807) is 13.3 Å². The number of hydrogen-bond acceptors (Lipinski definition) is 4. The Bertz CT molecular complexity index is 1100. The number of pyridine rings is 1. The topological polar surface area (TPSA) is 89.0 Å². The number of methoxy groups -OCH3 is 1. The third-order valence-corrected chi connectivity index (χ3v) is 5.26. The van der Waals surface area contributed by atoms with Crippen molar-refractivity contribution in [3.05, 3.63) is 51.9 Å². The van der Waals surface area contributed by atoms with Crippen molar-refractivity contribution < 1.29 is 9.53 Å². The van der Waals surface area contributed by atoms with Crippen LogP contribution in [0.25, 0.3) is 10.9 Å². The van der Waals surface area contributed by atoms with E-state index in [0.717, 1.165) is 29.4 Å². The van der Waals surface area contributed by atoms with E-state index in [2.05, 4.69) is 29.2 Å². The van der Waals surface area contributed by atoms with Crippen molar-refractivity contribution in [3.8, 4) is 5.75 Å². The summed E-state index contributed by atoms with van der Waals surface area (Å²) in [6, 6.07) is 7.37. The molecule has 7 heteroatoms. The molecule has 0 saturated carbocycles. The van der Waals surface area contributed by atoms with Crippen molar-refractivity contribution >= 4 is 22.6 Å². The van der Waals surface area contributed by atoms with Gasteiger partial charge in [-0.25, -0.2) is 4.68 Å². The Morgan fingerprint density at radius 3 is 2.82 bits per heavy atom. The highest BCUT2D eigenvalue weighted by molar-refractivity contribution is 5.94. The van der Waals surface area contributed by atoms with Crippen molar-refractivity contribution in [1.29, 1.82) is 0 Å². The number of carbonyl (C=O) groups is 1.